The number of nitrogens with one attached hydrogen (secondary N) is 2. The van der Waals surface area contributed by atoms with Crippen molar-refractivity contribution in [3.8, 4) is 0 Å². The lowest BCUT2D eigenvalue weighted by molar-refractivity contribution is -0.213. The third-order valence-corrected chi connectivity index (χ3v) is 16.0. The van der Waals surface area contributed by atoms with E-state index in [1.807, 2.05) is 0 Å². The second-order valence-electron chi connectivity index (χ2n) is 19.8. The second kappa shape index (κ2) is 15.0. The van der Waals surface area contributed by atoms with Crippen molar-refractivity contribution >= 4 is 29.7 Å². The Kier molecular flexibility index (Phi) is 11.7. The molecule has 5 aliphatic rings. The minimum Gasteiger partial charge on any atom is -0.481 e. The standard InChI is InChI=1S/C43H68N2O8/c1-27(36(50)51)45-33(46)12-10-9-11-25-44-37(52)43-23-21-38(2,3)26-29(43)28-13-14-31-40(6)19-18-32(53-35(49)16-15-34(47)48)39(4,5)30(40)17-20-42(31,8)41(28,7)22-24-43/h13,27,29-32H,9-12,14-26H2,1-8H3,(H,44,52)(H,45,46)(H,47,48)(H,50,51)/t27-,29?,30?,31?,32-,40-,41+,42+,43-/m0/s1. The van der Waals surface area contributed by atoms with Crippen LogP contribution in [0.4, 0.5) is 0 Å². The fraction of sp³-hybridized carbons (Fsp3) is 0.837. The van der Waals surface area contributed by atoms with Crippen molar-refractivity contribution in [1.82, 2.24) is 10.6 Å². The van der Waals surface area contributed by atoms with Gasteiger partial charge in [-0.2, -0.15) is 0 Å². The van der Waals surface area contributed by atoms with Gasteiger partial charge in [0.15, 0.2) is 0 Å². The zero-order valence-electron chi connectivity index (χ0n) is 33.8. The van der Waals surface area contributed by atoms with Crippen molar-refractivity contribution in [3.05, 3.63) is 11.6 Å². The Morgan fingerprint density at radius 2 is 1.53 bits per heavy atom. The third kappa shape index (κ3) is 7.55. The lowest BCUT2D eigenvalue weighted by Gasteiger charge is -2.71. The quantitative estimate of drug-likeness (QED) is 0.0845. The number of fused-ring (bicyclic) bond motifs is 7. The average molecular weight is 741 g/mol. The predicted molar refractivity (Wildman–Crippen MR) is 203 cm³/mol. The van der Waals surface area contributed by atoms with E-state index in [0.717, 1.165) is 77.0 Å². The minimum atomic E-state index is -1.05. The molecule has 3 unspecified atom stereocenters. The van der Waals surface area contributed by atoms with E-state index in [9.17, 15) is 24.0 Å². The molecule has 4 N–H and O–H groups in total. The number of amides is 2. The molecule has 4 fully saturated rings. The molecular weight excluding hydrogens is 672 g/mol. The number of unbranched alkanes of at least 4 members (excludes halogenated alkanes) is 2. The second-order valence-corrected chi connectivity index (χ2v) is 19.8. The smallest absolute Gasteiger partial charge is 0.325 e. The van der Waals surface area contributed by atoms with Gasteiger partial charge in [0.25, 0.3) is 0 Å². The molecule has 0 aliphatic heterocycles. The molecule has 0 aromatic heterocycles. The van der Waals surface area contributed by atoms with E-state index in [1.54, 1.807) is 0 Å². The number of hydrogen-bond donors (Lipinski definition) is 4. The summed E-state index contributed by atoms with van der Waals surface area (Å²) in [7, 11) is 0. The molecule has 298 valence electrons. The molecule has 0 spiro atoms. The van der Waals surface area contributed by atoms with Crippen LogP contribution in [0, 0.1) is 50.2 Å². The van der Waals surface area contributed by atoms with Gasteiger partial charge in [-0.05, 0) is 123 Å². The van der Waals surface area contributed by atoms with Crippen LogP contribution in [0.15, 0.2) is 11.6 Å². The van der Waals surface area contributed by atoms with Crippen molar-refractivity contribution in [2.75, 3.05) is 6.54 Å². The van der Waals surface area contributed by atoms with Gasteiger partial charge in [0.05, 0.1) is 18.3 Å². The highest BCUT2D eigenvalue weighted by atomic mass is 16.5. The Morgan fingerprint density at radius 3 is 2.21 bits per heavy atom. The van der Waals surface area contributed by atoms with E-state index < -0.39 is 29.4 Å². The van der Waals surface area contributed by atoms with E-state index in [-0.39, 0.29) is 70.2 Å². The Labute approximate surface area is 317 Å². The fourth-order valence-electron chi connectivity index (χ4n) is 12.6. The van der Waals surface area contributed by atoms with Crippen molar-refractivity contribution in [2.45, 2.75) is 170 Å². The maximum atomic E-state index is 14.4. The highest BCUT2D eigenvalue weighted by Crippen LogP contribution is 2.75. The number of aliphatic carboxylic acids is 2. The number of carbonyl (C=O) groups is 5. The zero-order valence-corrected chi connectivity index (χ0v) is 33.8. The van der Waals surface area contributed by atoms with Crippen LogP contribution in [0.1, 0.15) is 158 Å². The molecule has 0 aromatic carbocycles. The van der Waals surface area contributed by atoms with Crippen molar-refractivity contribution in [3.63, 3.8) is 0 Å². The van der Waals surface area contributed by atoms with E-state index in [1.165, 1.54) is 12.5 Å². The van der Waals surface area contributed by atoms with Gasteiger partial charge < -0.3 is 25.6 Å². The van der Waals surface area contributed by atoms with Crippen LogP contribution < -0.4 is 10.6 Å². The number of esters is 1. The summed E-state index contributed by atoms with van der Waals surface area (Å²) in [5, 5.41) is 24.0. The van der Waals surface area contributed by atoms with Gasteiger partial charge in [-0.3, -0.25) is 24.0 Å². The topological polar surface area (TPSA) is 159 Å². The van der Waals surface area contributed by atoms with Crippen molar-refractivity contribution < 1.29 is 38.9 Å². The summed E-state index contributed by atoms with van der Waals surface area (Å²) in [6.45, 7) is 18.9. The molecule has 10 heteroatoms. The third-order valence-electron chi connectivity index (χ3n) is 16.0. The monoisotopic (exact) mass is 740 g/mol. The highest BCUT2D eigenvalue weighted by molar-refractivity contribution is 5.84. The van der Waals surface area contributed by atoms with E-state index in [0.29, 0.717) is 24.8 Å². The molecule has 53 heavy (non-hydrogen) atoms. The van der Waals surface area contributed by atoms with Gasteiger partial charge in [-0.15, -0.1) is 0 Å². The molecule has 4 saturated carbocycles. The van der Waals surface area contributed by atoms with Gasteiger partial charge in [-0.25, -0.2) is 0 Å². The molecule has 9 atom stereocenters. The van der Waals surface area contributed by atoms with Gasteiger partial charge in [0.1, 0.15) is 12.1 Å². The van der Waals surface area contributed by atoms with Crippen LogP contribution in [0.5, 0.6) is 0 Å². The van der Waals surface area contributed by atoms with Crippen LogP contribution in [-0.4, -0.2) is 58.6 Å². The van der Waals surface area contributed by atoms with E-state index in [2.05, 4.69) is 65.2 Å². The number of allylic oxidation sites excluding steroid dienone is 2. The summed E-state index contributed by atoms with van der Waals surface area (Å²) >= 11 is 0. The Hall–Kier alpha value is -2.91. The first-order valence-corrected chi connectivity index (χ1v) is 20.6. The molecule has 0 radical (unpaired) electrons. The van der Waals surface area contributed by atoms with Crippen LogP contribution in [0.3, 0.4) is 0 Å². The SMILES string of the molecule is C[C@H](NC(=O)CCCCCNC(=O)[C@]12CCC(C)(C)CC1C1=CCC3[C@@]4(C)CC[C@H](OC(=O)CCC(=O)O)C(C)(C)C4CC[C@@]3(C)[C@]1(C)CC2)C(=O)O. The number of carboxylic acid groups (broad SMARTS) is 2. The number of ether oxygens (including phenoxy) is 1. The summed E-state index contributed by atoms with van der Waals surface area (Å²) < 4.78 is 6.02. The molecule has 0 aromatic rings. The zero-order chi connectivity index (χ0) is 39.2. The summed E-state index contributed by atoms with van der Waals surface area (Å²) in [6.07, 6.45) is 14.3. The van der Waals surface area contributed by atoms with E-state index >= 15 is 0 Å². The Balaban J connectivity index is 1.30. The fourth-order valence-corrected chi connectivity index (χ4v) is 12.6. The molecule has 0 saturated heterocycles. The molecule has 5 aliphatic carbocycles. The first-order chi connectivity index (χ1) is 24.6. The Morgan fingerprint density at radius 1 is 0.830 bits per heavy atom. The number of rotatable bonds is 13. The summed E-state index contributed by atoms with van der Waals surface area (Å²) in [4.78, 5) is 61.3. The average Bonchev–Trinajstić information content (AvgIpc) is 3.06. The largest absolute Gasteiger partial charge is 0.481 e. The Bertz CT molecular complexity index is 1490. The first-order valence-electron chi connectivity index (χ1n) is 20.6. The lowest BCUT2D eigenvalue weighted by atomic mass is 9.33. The molecule has 5 rings (SSSR count). The van der Waals surface area contributed by atoms with Gasteiger partial charge in [0.2, 0.25) is 11.8 Å². The summed E-state index contributed by atoms with van der Waals surface area (Å²) in [5.74, 6) is -1.46. The van der Waals surface area contributed by atoms with Gasteiger partial charge in [0, 0.05) is 18.4 Å². The molecule has 10 nitrogen and oxygen atoms in total. The molecule has 2 amide bonds. The van der Waals surface area contributed by atoms with Crippen LogP contribution in [-0.2, 0) is 28.7 Å². The normalized spacial score (nSPS) is 37.2. The first kappa shape index (κ1) is 41.3. The molecule has 0 bridgehead atoms. The maximum Gasteiger partial charge on any atom is 0.325 e. The van der Waals surface area contributed by atoms with Crippen molar-refractivity contribution in [2.24, 2.45) is 50.2 Å². The number of carboxylic acids is 2. The van der Waals surface area contributed by atoms with E-state index in [4.69, 9.17) is 14.9 Å². The minimum absolute atomic E-state index is 0.0191. The summed E-state index contributed by atoms with van der Waals surface area (Å²) in [5.41, 5.74) is 1.15. The van der Waals surface area contributed by atoms with Crippen LogP contribution >= 0.6 is 0 Å². The predicted octanol–water partition coefficient (Wildman–Crippen LogP) is 7.83. The van der Waals surface area contributed by atoms with Gasteiger partial charge in [-0.1, -0.05) is 66.5 Å². The molecule has 0 heterocycles. The maximum absolute atomic E-state index is 14.4. The highest BCUT2D eigenvalue weighted by Gasteiger charge is 2.69. The molecular formula is C43H68N2O8. The van der Waals surface area contributed by atoms with Crippen molar-refractivity contribution in [1.29, 1.82) is 0 Å². The number of hydrogen-bond acceptors (Lipinski definition) is 6. The van der Waals surface area contributed by atoms with Crippen LogP contribution in [0.2, 0.25) is 0 Å². The lowest BCUT2D eigenvalue weighted by Crippen LogP contribution is -2.65. The van der Waals surface area contributed by atoms with Gasteiger partial charge >= 0.3 is 17.9 Å². The summed E-state index contributed by atoms with van der Waals surface area (Å²) in [6, 6.07) is -0.901. The number of carbonyl (C=O) groups excluding carboxylic acids is 3. The van der Waals surface area contributed by atoms with Crippen LogP contribution in [0.25, 0.3) is 0 Å².